The summed E-state index contributed by atoms with van der Waals surface area (Å²) in [7, 11) is 0. The van der Waals surface area contributed by atoms with Crippen LogP contribution in [0.4, 0.5) is 16.5 Å². The third kappa shape index (κ3) is 4.44. The minimum absolute atomic E-state index is 0.0735. The Morgan fingerprint density at radius 3 is 2.40 bits per heavy atom. The van der Waals surface area contributed by atoms with Gasteiger partial charge in [0.15, 0.2) is 0 Å². The fourth-order valence-corrected chi connectivity index (χ4v) is 2.48. The first kappa shape index (κ1) is 16.7. The minimum atomic E-state index is -0.425. The molecule has 2 N–H and O–H groups in total. The third-order valence-electron chi connectivity index (χ3n) is 3.84. The van der Waals surface area contributed by atoms with E-state index in [-0.39, 0.29) is 6.01 Å². The number of hydrogen-bond donors (Lipinski definition) is 2. The van der Waals surface area contributed by atoms with E-state index >= 15 is 0 Å². The quantitative estimate of drug-likeness (QED) is 0.747. The minimum Gasteiger partial charge on any atom is -0.407 e. The van der Waals surface area contributed by atoms with E-state index in [0.29, 0.717) is 18.0 Å². The lowest BCUT2D eigenvalue weighted by Crippen LogP contribution is -2.19. The molecule has 0 radical (unpaired) electrons. The van der Waals surface area contributed by atoms with Crippen molar-refractivity contribution in [3.05, 3.63) is 70.6 Å². The molecule has 2 aromatic carbocycles. The number of rotatable bonds is 4. The molecule has 0 atom stereocenters. The number of carbonyl (C=O) groups is 1. The lowest BCUT2D eigenvalue weighted by Gasteiger charge is -2.05. The first-order valence-corrected chi connectivity index (χ1v) is 8.03. The van der Waals surface area contributed by atoms with Crippen LogP contribution in [0, 0.1) is 20.8 Å². The standard InChI is InChI=1S/C19H20N4O2/c1-12-5-8-16(9-6-12)20-18(24)21-19-23-22-17(25-19)11-15-7-4-13(2)10-14(15)3/h4-10H,11H2,1-3H3,(H2,20,21,23,24). The van der Waals surface area contributed by atoms with E-state index in [2.05, 4.69) is 33.8 Å². The Morgan fingerprint density at radius 1 is 0.960 bits per heavy atom. The van der Waals surface area contributed by atoms with Crippen LogP contribution < -0.4 is 10.6 Å². The monoisotopic (exact) mass is 336 g/mol. The first-order valence-electron chi connectivity index (χ1n) is 8.03. The van der Waals surface area contributed by atoms with Gasteiger partial charge in [-0.15, -0.1) is 5.10 Å². The van der Waals surface area contributed by atoms with Crippen molar-refractivity contribution in [1.29, 1.82) is 0 Å². The van der Waals surface area contributed by atoms with Gasteiger partial charge in [-0.05, 0) is 44.0 Å². The summed E-state index contributed by atoms with van der Waals surface area (Å²) >= 11 is 0. The van der Waals surface area contributed by atoms with Crippen LogP contribution in [0.5, 0.6) is 0 Å². The van der Waals surface area contributed by atoms with Crippen molar-refractivity contribution in [3.8, 4) is 0 Å². The maximum Gasteiger partial charge on any atom is 0.327 e. The van der Waals surface area contributed by atoms with Crippen LogP contribution in [0.25, 0.3) is 0 Å². The smallest absolute Gasteiger partial charge is 0.327 e. The van der Waals surface area contributed by atoms with Gasteiger partial charge in [0, 0.05) is 5.69 Å². The lowest BCUT2D eigenvalue weighted by molar-refractivity contribution is 0.261. The van der Waals surface area contributed by atoms with Crippen molar-refractivity contribution < 1.29 is 9.21 Å². The molecule has 0 saturated heterocycles. The molecule has 2 amide bonds. The van der Waals surface area contributed by atoms with Gasteiger partial charge in [0.05, 0.1) is 6.42 Å². The predicted molar refractivity (Wildman–Crippen MR) is 96.8 cm³/mol. The molecule has 6 nitrogen and oxygen atoms in total. The molecule has 25 heavy (non-hydrogen) atoms. The molecule has 3 rings (SSSR count). The number of nitrogens with one attached hydrogen (secondary N) is 2. The Kier molecular flexibility index (Phi) is 4.79. The highest BCUT2D eigenvalue weighted by atomic mass is 16.4. The summed E-state index contributed by atoms with van der Waals surface area (Å²) in [5.41, 5.74) is 5.31. The molecule has 0 aliphatic rings. The maximum atomic E-state index is 12.0. The van der Waals surface area contributed by atoms with Crippen molar-refractivity contribution in [3.63, 3.8) is 0 Å². The highest BCUT2D eigenvalue weighted by Crippen LogP contribution is 2.16. The van der Waals surface area contributed by atoms with Gasteiger partial charge in [0.2, 0.25) is 5.89 Å². The topological polar surface area (TPSA) is 80.0 Å². The zero-order chi connectivity index (χ0) is 17.8. The number of carbonyl (C=O) groups excluding carboxylic acids is 1. The number of hydrogen-bond acceptors (Lipinski definition) is 4. The second kappa shape index (κ2) is 7.17. The molecule has 0 unspecified atom stereocenters. The summed E-state index contributed by atoms with van der Waals surface area (Å²) in [6.07, 6.45) is 0.528. The molecular weight excluding hydrogens is 316 g/mol. The Labute approximate surface area is 146 Å². The van der Waals surface area contributed by atoms with E-state index in [9.17, 15) is 4.79 Å². The van der Waals surface area contributed by atoms with Gasteiger partial charge in [-0.1, -0.05) is 46.6 Å². The molecular formula is C19H20N4O2. The molecule has 0 fully saturated rings. The molecule has 128 valence electrons. The summed E-state index contributed by atoms with van der Waals surface area (Å²) in [6, 6.07) is 13.4. The van der Waals surface area contributed by atoms with Crippen LogP contribution in [0.15, 0.2) is 46.9 Å². The normalized spacial score (nSPS) is 10.5. The van der Waals surface area contributed by atoms with Crippen molar-refractivity contribution >= 4 is 17.7 Å². The number of aromatic nitrogens is 2. The highest BCUT2D eigenvalue weighted by molar-refractivity contribution is 5.98. The summed E-state index contributed by atoms with van der Waals surface area (Å²) in [6.45, 7) is 6.09. The largest absolute Gasteiger partial charge is 0.407 e. The van der Waals surface area contributed by atoms with Crippen LogP contribution in [0.3, 0.4) is 0 Å². The highest BCUT2D eigenvalue weighted by Gasteiger charge is 2.11. The molecule has 6 heteroatoms. The fourth-order valence-electron chi connectivity index (χ4n) is 2.48. The number of amides is 2. The Bertz CT molecular complexity index is 885. The van der Waals surface area contributed by atoms with Gasteiger partial charge in [-0.3, -0.25) is 5.32 Å². The molecule has 1 aromatic heterocycles. The van der Waals surface area contributed by atoms with E-state index in [1.165, 1.54) is 11.1 Å². The second-order valence-electron chi connectivity index (χ2n) is 6.05. The van der Waals surface area contributed by atoms with Gasteiger partial charge in [-0.25, -0.2) is 4.79 Å². The molecule has 1 heterocycles. The molecule has 0 aliphatic heterocycles. The van der Waals surface area contributed by atoms with Gasteiger partial charge in [0.1, 0.15) is 0 Å². The van der Waals surface area contributed by atoms with Crippen molar-refractivity contribution in [2.45, 2.75) is 27.2 Å². The number of urea groups is 1. The van der Waals surface area contributed by atoms with E-state index < -0.39 is 6.03 Å². The zero-order valence-corrected chi connectivity index (χ0v) is 14.5. The fraction of sp³-hybridized carbons (Fsp3) is 0.211. The molecule has 0 bridgehead atoms. The number of nitrogens with zero attached hydrogens (tertiary/aromatic N) is 2. The summed E-state index contributed by atoms with van der Waals surface area (Å²) in [5.74, 6) is 0.456. The van der Waals surface area contributed by atoms with Gasteiger partial charge in [0.25, 0.3) is 0 Å². The van der Waals surface area contributed by atoms with Crippen LogP contribution in [-0.4, -0.2) is 16.2 Å². The van der Waals surface area contributed by atoms with Gasteiger partial charge < -0.3 is 9.73 Å². The van der Waals surface area contributed by atoms with E-state index in [4.69, 9.17) is 4.42 Å². The zero-order valence-electron chi connectivity index (χ0n) is 14.5. The number of anilines is 2. The van der Waals surface area contributed by atoms with E-state index in [1.54, 1.807) is 0 Å². The lowest BCUT2D eigenvalue weighted by atomic mass is 10.0. The Balaban J connectivity index is 1.61. The second-order valence-corrected chi connectivity index (χ2v) is 6.05. The van der Waals surface area contributed by atoms with Crippen molar-refractivity contribution in [2.24, 2.45) is 0 Å². The number of benzene rings is 2. The summed E-state index contributed by atoms with van der Waals surface area (Å²) in [5, 5.41) is 13.1. The van der Waals surface area contributed by atoms with Gasteiger partial charge >= 0.3 is 12.0 Å². The Morgan fingerprint density at radius 2 is 1.68 bits per heavy atom. The van der Waals surface area contributed by atoms with E-state index in [1.807, 2.05) is 50.2 Å². The average molecular weight is 336 g/mol. The summed E-state index contributed by atoms with van der Waals surface area (Å²) in [4.78, 5) is 12.0. The Hall–Kier alpha value is -3.15. The van der Waals surface area contributed by atoms with Crippen LogP contribution in [-0.2, 0) is 6.42 Å². The average Bonchev–Trinajstić information content (AvgIpc) is 2.99. The maximum absolute atomic E-state index is 12.0. The van der Waals surface area contributed by atoms with Gasteiger partial charge in [-0.2, -0.15) is 0 Å². The van der Waals surface area contributed by atoms with Crippen molar-refractivity contribution in [2.75, 3.05) is 10.6 Å². The first-order chi connectivity index (χ1) is 12.0. The van der Waals surface area contributed by atoms with Crippen LogP contribution >= 0.6 is 0 Å². The van der Waals surface area contributed by atoms with Crippen LogP contribution in [0.2, 0.25) is 0 Å². The third-order valence-corrected chi connectivity index (χ3v) is 3.84. The predicted octanol–water partition coefficient (Wildman–Crippen LogP) is 4.23. The molecule has 0 saturated carbocycles. The van der Waals surface area contributed by atoms with Crippen molar-refractivity contribution in [1.82, 2.24) is 10.2 Å². The van der Waals surface area contributed by atoms with Crippen LogP contribution in [0.1, 0.15) is 28.1 Å². The SMILES string of the molecule is Cc1ccc(NC(=O)Nc2nnc(Cc3ccc(C)cc3C)o2)cc1. The molecule has 3 aromatic rings. The molecule has 0 aliphatic carbocycles. The van der Waals surface area contributed by atoms with E-state index in [0.717, 1.165) is 11.1 Å². The molecule has 0 spiro atoms. The number of aryl methyl sites for hydroxylation is 3. The summed E-state index contributed by atoms with van der Waals surface area (Å²) < 4.78 is 5.51.